The first-order valence-corrected chi connectivity index (χ1v) is 12.3. The SMILES string of the molecule is CCOC(=O)C[C@@H](Cc1ccc(-c2ccccc2)cc1)NC(=O)CN1CCCC1C(=O)O.O=C(O)C(F)(F)F. The Morgan fingerprint density at radius 1 is 1.03 bits per heavy atom. The van der Waals surface area contributed by atoms with E-state index < -0.39 is 30.2 Å². The second kappa shape index (κ2) is 14.9. The fourth-order valence-electron chi connectivity index (χ4n) is 4.10. The van der Waals surface area contributed by atoms with Crippen LogP contribution in [0.15, 0.2) is 54.6 Å². The van der Waals surface area contributed by atoms with Crippen LogP contribution >= 0.6 is 0 Å². The van der Waals surface area contributed by atoms with Crippen molar-refractivity contribution in [2.24, 2.45) is 0 Å². The van der Waals surface area contributed by atoms with E-state index in [4.69, 9.17) is 14.6 Å². The monoisotopic (exact) mass is 552 g/mol. The Morgan fingerprint density at radius 3 is 2.15 bits per heavy atom. The fourth-order valence-corrected chi connectivity index (χ4v) is 4.10. The largest absolute Gasteiger partial charge is 0.490 e. The van der Waals surface area contributed by atoms with E-state index in [1.165, 1.54) is 0 Å². The Hall–Kier alpha value is -3.93. The molecule has 1 aliphatic heterocycles. The minimum atomic E-state index is -5.08. The number of rotatable bonds is 10. The Balaban J connectivity index is 0.000000673. The van der Waals surface area contributed by atoms with Gasteiger partial charge in [0.25, 0.3) is 0 Å². The van der Waals surface area contributed by atoms with Gasteiger partial charge in [0.2, 0.25) is 5.91 Å². The first kappa shape index (κ1) is 31.3. The second-order valence-corrected chi connectivity index (χ2v) is 8.81. The van der Waals surface area contributed by atoms with Gasteiger partial charge < -0.3 is 20.3 Å². The van der Waals surface area contributed by atoms with Crippen molar-refractivity contribution in [1.29, 1.82) is 0 Å². The van der Waals surface area contributed by atoms with Crippen molar-refractivity contribution >= 4 is 23.8 Å². The predicted molar refractivity (Wildman–Crippen MR) is 135 cm³/mol. The van der Waals surface area contributed by atoms with Crippen molar-refractivity contribution in [3.8, 4) is 11.1 Å². The van der Waals surface area contributed by atoms with Gasteiger partial charge >= 0.3 is 24.1 Å². The third kappa shape index (κ3) is 10.8. The Kier molecular flexibility index (Phi) is 11.9. The minimum Gasteiger partial charge on any atom is -0.480 e. The highest BCUT2D eigenvalue weighted by Gasteiger charge is 2.38. The fraction of sp³-hybridized carbons (Fsp3) is 0.407. The molecule has 2 aromatic rings. The molecule has 1 aliphatic rings. The van der Waals surface area contributed by atoms with E-state index in [1.54, 1.807) is 11.8 Å². The number of likely N-dealkylation sites (tertiary alicyclic amines) is 1. The molecule has 0 bridgehead atoms. The third-order valence-corrected chi connectivity index (χ3v) is 5.86. The lowest BCUT2D eigenvalue weighted by Gasteiger charge is -2.23. The summed E-state index contributed by atoms with van der Waals surface area (Å²) in [6.07, 6.45) is -3.25. The van der Waals surface area contributed by atoms with Crippen LogP contribution in [-0.4, -0.2) is 76.9 Å². The van der Waals surface area contributed by atoms with Gasteiger partial charge in [0.15, 0.2) is 0 Å². The van der Waals surface area contributed by atoms with Crippen molar-refractivity contribution in [2.75, 3.05) is 19.7 Å². The molecule has 0 saturated carbocycles. The van der Waals surface area contributed by atoms with Crippen LogP contribution < -0.4 is 5.32 Å². The smallest absolute Gasteiger partial charge is 0.480 e. The van der Waals surface area contributed by atoms with Crippen LogP contribution in [0.4, 0.5) is 13.2 Å². The van der Waals surface area contributed by atoms with Gasteiger partial charge in [0, 0.05) is 6.04 Å². The highest BCUT2D eigenvalue weighted by molar-refractivity contribution is 5.81. The number of ether oxygens (including phenoxy) is 1. The first-order valence-electron chi connectivity index (χ1n) is 12.3. The maximum atomic E-state index is 12.6. The molecule has 3 N–H and O–H groups in total. The number of esters is 1. The van der Waals surface area contributed by atoms with Gasteiger partial charge in [-0.15, -0.1) is 0 Å². The molecule has 9 nitrogen and oxygen atoms in total. The first-order chi connectivity index (χ1) is 18.4. The molecular formula is C27H31F3N2O7. The number of nitrogens with one attached hydrogen (secondary N) is 1. The molecule has 1 amide bonds. The standard InChI is InChI=1S/C25H30N2O5.C2HF3O2/c1-2-32-24(29)16-21(26-23(28)17-27-14-6-9-22(27)25(30)31)15-18-10-12-20(13-11-18)19-7-4-3-5-8-19;3-2(4,5)1(6)7/h3-5,7-8,10-13,21-22H,2,6,9,14-17H2,1H3,(H,26,28)(H,30,31);(H,6,7)/t21-,22?;/m1./s1. The number of hydrogen-bond donors (Lipinski definition) is 3. The lowest BCUT2D eigenvalue weighted by molar-refractivity contribution is -0.192. The van der Waals surface area contributed by atoms with Crippen molar-refractivity contribution in [2.45, 2.75) is 50.9 Å². The minimum absolute atomic E-state index is 0.00321. The van der Waals surface area contributed by atoms with Gasteiger partial charge in [0.05, 0.1) is 19.6 Å². The zero-order chi connectivity index (χ0) is 29.0. The van der Waals surface area contributed by atoms with Gasteiger partial charge in [-0.1, -0.05) is 54.6 Å². The summed E-state index contributed by atoms with van der Waals surface area (Å²) in [6.45, 7) is 2.60. The van der Waals surface area contributed by atoms with Crippen LogP contribution in [-0.2, 0) is 30.3 Å². The number of benzene rings is 2. The Morgan fingerprint density at radius 2 is 1.62 bits per heavy atom. The van der Waals surface area contributed by atoms with E-state index >= 15 is 0 Å². The van der Waals surface area contributed by atoms with Crippen LogP contribution in [0.5, 0.6) is 0 Å². The number of hydrogen-bond acceptors (Lipinski definition) is 6. The number of alkyl halides is 3. The molecule has 3 rings (SSSR count). The lowest BCUT2D eigenvalue weighted by Crippen LogP contribution is -2.46. The number of halogens is 3. The molecule has 0 spiro atoms. The maximum Gasteiger partial charge on any atom is 0.490 e. The van der Waals surface area contributed by atoms with Crippen molar-refractivity contribution in [3.05, 3.63) is 60.2 Å². The molecule has 1 saturated heterocycles. The average Bonchev–Trinajstić information content (AvgIpc) is 3.33. The van der Waals surface area contributed by atoms with Crippen molar-refractivity contribution < 1.29 is 47.3 Å². The number of carboxylic acids is 2. The molecule has 1 unspecified atom stereocenters. The molecule has 0 aliphatic carbocycles. The van der Waals surface area contributed by atoms with Gasteiger partial charge in [0.1, 0.15) is 6.04 Å². The van der Waals surface area contributed by atoms with Crippen LogP contribution in [0.1, 0.15) is 31.7 Å². The topological polar surface area (TPSA) is 133 Å². The van der Waals surface area contributed by atoms with E-state index in [0.717, 1.165) is 23.1 Å². The quantitative estimate of drug-likeness (QED) is 0.382. The second-order valence-electron chi connectivity index (χ2n) is 8.81. The molecule has 0 radical (unpaired) electrons. The summed E-state index contributed by atoms with van der Waals surface area (Å²) >= 11 is 0. The summed E-state index contributed by atoms with van der Waals surface area (Å²) in [5.74, 6) is -4.32. The predicted octanol–water partition coefficient (Wildman–Crippen LogP) is 3.52. The zero-order valence-corrected chi connectivity index (χ0v) is 21.3. The van der Waals surface area contributed by atoms with Crippen LogP contribution in [0.2, 0.25) is 0 Å². The van der Waals surface area contributed by atoms with Crippen molar-refractivity contribution in [3.63, 3.8) is 0 Å². The number of carbonyl (C=O) groups excluding carboxylic acids is 2. The highest BCUT2D eigenvalue weighted by atomic mass is 19.4. The number of carboxylic acid groups (broad SMARTS) is 2. The Labute approximate surface area is 223 Å². The van der Waals surface area contributed by atoms with Crippen LogP contribution in [0.25, 0.3) is 11.1 Å². The molecular weight excluding hydrogens is 521 g/mol. The molecule has 2 atom stereocenters. The van der Waals surface area contributed by atoms with Crippen LogP contribution in [0, 0.1) is 0 Å². The maximum absolute atomic E-state index is 12.6. The normalized spacial score (nSPS) is 15.9. The molecule has 2 aromatic carbocycles. The van der Waals surface area contributed by atoms with E-state index in [1.807, 2.05) is 54.6 Å². The van der Waals surface area contributed by atoms with Crippen LogP contribution in [0.3, 0.4) is 0 Å². The summed E-state index contributed by atoms with van der Waals surface area (Å²) in [6, 6.07) is 17.0. The Bertz CT molecular complexity index is 1110. The van der Waals surface area contributed by atoms with Gasteiger partial charge in [-0.25, -0.2) is 4.79 Å². The number of nitrogens with zero attached hydrogens (tertiary/aromatic N) is 1. The number of amides is 1. The van der Waals surface area contributed by atoms with E-state index in [-0.39, 0.29) is 31.4 Å². The summed E-state index contributed by atoms with van der Waals surface area (Å²) < 4.78 is 36.8. The van der Waals surface area contributed by atoms with E-state index in [0.29, 0.717) is 19.4 Å². The van der Waals surface area contributed by atoms with Gasteiger partial charge in [-0.3, -0.25) is 19.3 Å². The molecule has 1 heterocycles. The van der Waals surface area contributed by atoms with Crippen molar-refractivity contribution in [1.82, 2.24) is 10.2 Å². The summed E-state index contributed by atoms with van der Waals surface area (Å²) in [7, 11) is 0. The number of aliphatic carboxylic acids is 2. The number of carbonyl (C=O) groups is 4. The molecule has 1 fully saturated rings. The molecule has 0 aromatic heterocycles. The highest BCUT2D eigenvalue weighted by Crippen LogP contribution is 2.20. The lowest BCUT2D eigenvalue weighted by atomic mass is 9.99. The molecule has 39 heavy (non-hydrogen) atoms. The molecule has 212 valence electrons. The third-order valence-electron chi connectivity index (χ3n) is 5.86. The molecule has 12 heteroatoms. The van der Waals surface area contributed by atoms with Gasteiger partial charge in [-0.2, -0.15) is 13.2 Å². The zero-order valence-electron chi connectivity index (χ0n) is 21.3. The van der Waals surface area contributed by atoms with Gasteiger partial charge in [-0.05, 0) is 49.4 Å². The summed E-state index contributed by atoms with van der Waals surface area (Å²) in [5.41, 5.74) is 3.20. The summed E-state index contributed by atoms with van der Waals surface area (Å²) in [4.78, 5) is 46.7. The average molecular weight is 553 g/mol. The van der Waals surface area contributed by atoms with E-state index in [9.17, 15) is 32.7 Å². The summed E-state index contributed by atoms with van der Waals surface area (Å²) in [5, 5.41) is 19.4. The van der Waals surface area contributed by atoms with E-state index in [2.05, 4.69) is 5.32 Å².